The summed E-state index contributed by atoms with van der Waals surface area (Å²) >= 11 is 0. The molecule has 0 saturated carbocycles. The summed E-state index contributed by atoms with van der Waals surface area (Å²) in [6.45, 7) is 11.5. The largest absolute Gasteiger partial charge is 0.392 e. The normalized spacial score (nSPS) is 16.3. The Morgan fingerprint density at radius 1 is 1.33 bits per heavy atom. The van der Waals surface area contributed by atoms with Gasteiger partial charge in [0.1, 0.15) is 24.1 Å². The number of fused-ring (bicyclic) bond motifs is 1. The van der Waals surface area contributed by atoms with Crippen molar-refractivity contribution in [2.24, 2.45) is 0 Å². The van der Waals surface area contributed by atoms with Crippen LogP contribution in [-0.4, -0.2) is 71.4 Å². The number of rotatable bonds is 10. The van der Waals surface area contributed by atoms with E-state index in [-0.39, 0.29) is 6.04 Å². The van der Waals surface area contributed by atoms with Gasteiger partial charge >= 0.3 is 0 Å². The molecule has 1 atom stereocenters. The highest BCUT2D eigenvalue weighted by Gasteiger charge is 2.23. The second-order valence-corrected chi connectivity index (χ2v) is 13.8. The molecule has 3 N–H and O–H groups in total. The molecule has 0 radical (unpaired) electrons. The van der Waals surface area contributed by atoms with Crippen molar-refractivity contribution in [1.82, 2.24) is 19.7 Å². The van der Waals surface area contributed by atoms with Crippen LogP contribution in [0.3, 0.4) is 0 Å². The third kappa shape index (κ3) is 5.38. The van der Waals surface area contributed by atoms with Gasteiger partial charge in [0, 0.05) is 21.2 Å². The number of aromatic nitrogens is 4. The lowest BCUT2D eigenvalue weighted by Crippen LogP contribution is -2.40. The maximum atomic E-state index is 9.58. The average molecular weight is 395 g/mol. The van der Waals surface area contributed by atoms with Crippen LogP contribution in [0.2, 0.25) is 25.7 Å². The van der Waals surface area contributed by atoms with Crippen LogP contribution in [0.1, 0.15) is 6.92 Å². The summed E-state index contributed by atoms with van der Waals surface area (Å²) in [7, 11) is -1.14. The van der Waals surface area contributed by atoms with Crippen LogP contribution in [0.5, 0.6) is 0 Å². The number of hydrogen-bond donors (Lipinski definition) is 3. The molecule has 3 rings (SSSR count). The number of aliphatic hydroxyl groups is 1. The molecule has 0 aromatic carbocycles. The maximum Gasteiger partial charge on any atom is 0.175 e. The van der Waals surface area contributed by atoms with Crippen LogP contribution in [0.15, 0.2) is 6.33 Å². The molecule has 1 aliphatic heterocycles. The Morgan fingerprint density at radius 3 is 2.74 bits per heavy atom. The molecule has 1 unspecified atom stereocenters. The third-order valence-corrected chi connectivity index (χ3v) is 5.98. The smallest absolute Gasteiger partial charge is 0.175 e. The fourth-order valence-electron chi connectivity index (χ4n) is 2.62. The van der Waals surface area contributed by atoms with E-state index in [9.17, 15) is 5.11 Å². The van der Waals surface area contributed by atoms with Crippen molar-refractivity contribution >= 4 is 30.7 Å². The Bertz CT molecular complexity index is 757. The zero-order chi connectivity index (χ0) is 19.4. The number of ether oxygens (including phenoxy) is 2. The van der Waals surface area contributed by atoms with Crippen molar-refractivity contribution in [3.63, 3.8) is 0 Å². The minimum absolute atomic E-state index is 0.244. The first-order valence-electron chi connectivity index (χ1n) is 9.39. The summed E-state index contributed by atoms with van der Waals surface area (Å²) in [5.41, 5.74) is 1.51. The molecule has 150 valence electrons. The Labute approximate surface area is 160 Å². The minimum atomic E-state index is -1.14. The Morgan fingerprint density at radius 2 is 2.11 bits per heavy atom. The third-order valence-electron chi connectivity index (χ3n) is 4.28. The van der Waals surface area contributed by atoms with E-state index in [0.29, 0.717) is 44.4 Å². The van der Waals surface area contributed by atoms with Crippen molar-refractivity contribution in [2.75, 3.05) is 37.0 Å². The molecule has 1 fully saturated rings. The summed E-state index contributed by atoms with van der Waals surface area (Å²) in [6, 6.07) is 1.34. The van der Waals surface area contributed by atoms with Gasteiger partial charge in [0.2, 0.25) is 0 Å². The summed E-state index contributed by atoms with van der Waals surface area (Å²) < 4.78 is 12.9. The summed E-state index contributed by atoms with van der Waals surface area (Å²) in [4.78, 5) is 8.80. The molecular formula is C17H30N6O3Si. The molecular weight excluding hydrogens is 364 g/mol. The van der Waals surface area contributed by atoms with Crippen molar-refractivity contribution in [1.29, 1.82) is 0 Å². The van der Waals surface area contributed by atoms with Crippen molar-refractivity contribution in [3.05, 3.63) is 6.33 Å². The molecule has 27 heavy (non-hydrogen) atoms. The van der Waals surface area contributed by atoms with E-state index in [1.807, 2.05) is 0 Å². The van der Waals surface area contributed by atoms with Crippen LogP contribution in [0, 0.1) is 0 Å². The second kappa shape index (κ2) is 8.51. The Hall–Kier alpha value is -1.75. The van der Waals surface area contributed by atoms with Gasteiger partial charge in [-0.3, -0.25) is 0 Å². The molecule has 1 saturated heterocycles. The SMILES string of the molecule is CC(O)CNc1nn(COCC[Si](C)(C)C)c2c(NC3COC3)ncnc12. The van der Waals surface area contributed by atoms with Gasteiger partial charge in [0.15, 0.2) is 11.6 Å². The number of aliphatic hydroxyl groups excluding tert-OH is 1. The molecule has 2 aromatic rings. The molecule has 9 nitrogen and oxygen atoms in total. The maximum absolute atomic E-state index is 9.58. The lowest BCUT2D eigenvalue weighted by atomic mass is 10.2. The first-order chi connectivity index (χ1) is 12.8. The molecule has 3 heterocycles. The van der Waals surface area contributed by atoms with Crippen LogP contribution in [0.25, 0.3) is 11.0 Å². The summed E-state index contributed by atoms with van der Waals surface area (Å²) in [5, 5.41) is 20.7. The van der Waals surface area contributed by atoms with Crippen LogP contribution in [0.4, 0.5) is 11.6 Å². The van der Waals surface area contributed by atoms with E-state index in [1.165, 1.54) is 6.33 Å². The topological polar surface area (TPSA) is 106 Å². The number of hydrogen-bond acceptors (Lipinski definition) is 8. The average Bonchev–Trinajstić information content (AvgIpc) is 2.91. The van der Waals surface area contributed by atoms with Crippen LogP contribution < -0.4 is 10.6 Å². The lowest BCUT2D eigenvalue weighted by Gasteiger charge is -2.27. The van der Waals surface area contributed by atoms with Crippen molar-refractivity contribution in [2.45, 2.75) is 51.5 Å². The van der Waals surface area contributed by atoms with E-state index in [2.05, 4.69) is 45.3 Å². The standard InChI is InChI=1S/C17H30N6O3Si/c1-12(24)7-18-16-14-15(17(20-10-19-14)21-13-8-26-9-13)23(22-16)11-25-5-6-27(2,3)4/h10,12-13,24H,5-9,11H2,1-4H3,(H,18,22)(H,19,20,21). The van der Waals surface area contributed by atoms with Crippen molar-refractivity contribution in [3.8, 4) is 0 Å². The molecule has 2 aromatic heterocycles. The molecule has 0 spiro atoms. The van der Waals surface area contributed by atoms with Gasteiger partial charge in [-0.15, -0.1) is 0 Å². The van der Waals surface area contributed by atoms with Crippen LogP contribution >= 0.6 is 0 Å². The van der Waals surface area contributed by atoms with Gasteiger partial charge in [-0.25, -0.2) is 14.6 Å². The van der Waals surface area contributed by atoms with E-state index >= 15 is 0 Å². The van der Waals surface area contributed by atoms with E-state index in [0.717, 1.165) is 17.4 Å². The van der Waals surface area contributed by atoms with Crippen molar-refractivity contribution < 1.29 is 14.6 Å². The minimum Gasteiger partial charge on any atom is -0.392 e. The molecule has 0 amide bonds. The summed E-state index contributed by atoms with van der Waals surface area (Å²) in [6.07, 6.45) is 1.04. The molecule has 1 aliphatic rings. The monoisotopic (exact) mass is 394 g/mol. The molecule has 10 heteroatoms. The van der Waals surface area contributed by atoms with Gasteiger partial charge in [0.05, 0.1) is 25.4 Å². The Kier molecular flexibility index (Phi) is 6.30. The fraction of sp³-hybridized carbons (Fsp3) is 0.706. The molecule has 0 aliphatic carbocycles. The van der Waals surface area contributed by atoms with Gasteiger partial charge in [-0.2, -0.15) is 5.10 Å². The van der Waals surface area contributed by atoms with Crippen LogP contribution in [-0.2, 0) is 16.2 Å². The molecule has 0 bridgehead atoms. The first-order valence-corrected chi connectivity index (χ1v) is 13.1. The summed E-state index contributed by atoms with van der Waals surface area (Å²) in [5.74, 6) is 1.34. The zero-order valence-corrected chi connectivity index (χ0v) is 17.5. The fourth-order valence-corrected chi connectivity index (χ4v) is 3.38. The Balaban J connectivity index is 1.82. The number of nitrogens with one attached hydrogen (secondary N) is 2. The second-order valence-electron chi connectivity index (χ2n) is 8.22. The highest BCUT2D eigenvalue weighted by atomic mass is 28.3. The first kappa shape index (κ1) is 20.0. The highest BCUT2D eigenvalue weighted by Crippen LogP contribution is 2.27. The predicted octanol–water partition coefficient (Wildman–Crippen LogP) is 1.74. The number of anilines is 2. The van der Waals surface area contributed by atoms with Gasteiger partial charge in [0.25, 0.3) is 0 Å². The van der Waals surface area contributed by atoms with Gasteiger partial charge in [-0.05, 0) is 13.0 Å². The highest BCUT2D eigenvalue weighted by molar-refractivity contribution is 6.76. The van der Waals surface area contributed by atoms with E-state index in [4.69, 9.17) is 9.47 Å². The quantitative estimate of drug-likeness (QED) is 0.413. The predicted molar refractivity (Wildman–Crippen MR) is 108 cm³/mol. The van der Waals surface area contributed by atoms with Gasteiger partial charge in [-0.1, -0.05) is 19.6 Å². The number of nitrogens with zero attached hydrogens (tertiary/aromatic N) is 4. The zero-order valence-electron chi connectivity index (χ0n) is 16.5. The lowest BCUT2D eigenvalue weighted by molar-refractivity contribution is 0.0209. The van der Waals surface area contributed by atoms with Gasteiger partial charge < -0.3 is 25.2 Å². The van der Waals surface area contributed by atoms with E-state index < -0.39 is 14.2 Å². The van der Waals surface area contributed by atoms with E-state index in [1.54, 1.807) is 11.6 Å².